The lowest BCUT2D eigenvalue weighted by molar-refractivity contribution is -0.385. The number of nitrogens with one attached hydrogen (secondary N) is 2. The molecule has 0 fully saturated rings. The summed E-state index contributed by atoms with van der Waals surface area (Å²) in [5.41, 5.74) is 0.712. The van der Waals surface area contributed by atoms with Crippen molar-refractivity contribution < 1.29 is 9.72 Å². The van der Waals surface area contributed by atoms with Gasteiger partial charge < -0.3 is 10.6 Å². The zero-order valence-electron chi connectivity index (χ0n) is 12.6. The van der Waals surface area contributed by atoms with E-state index in [1.54, 1.807) is 13.0 Å². The molecule has 0 aliphatic rings. The van der Waals surface area contributed by atoms with Crippen LogP contribution >= 0.6 is 11.6 Å². The van der Waals surface area contributed by atoms with Gasteiger partial charge in [0.1, 0.15) is 0 Å². The number of hydrogen-bond donors (Lipinski definition) is 2. The molecule has 0 atom stereocenters. The van der Waals surface area contributed by atoms with Gasteiger partial charge in [0.25, 0.3) is 5.69 Å². The van der Waals surface area contributed by atoms with E-state index in [0.29, 0.717) is 24.3 Å². The van der Waals surface area contributed by atoms with E-state index in [4.69, 9.17) is 11.6 Å². The first kappa shape index (κ1) is 17.2. The highest BCUT2D eigenvalue weighted by Gasteiger charge is 2.20. The topological polar surface area (TPSA) is 84.3 Å². The third-order valence-electron chi connectivity index (χ3n) is 2.89. The Balaban J connectivity index is 2.59. The van der Waals surface area contributed by atoms with Gasteiger partial charge in [0, 0.05) is 30.1 Å². The summed E-state index contributed by atoms with van der Waals surface area (Å²) in [6.45, 7) is 8.10. The maximum Gasteiger partial charge on any atom is 0.273 e. The van der Waals surface area contributed by atoms with Crippen molar-refractivity contribution in [1.82, 2.24) is 5.32 Å². The first-order chi connectivity index (χ1) is 9.62. The fraction of sp³-hybridized carbons (Fsp3) is 0.500. The molecule has 21 heavy (non-hydrogen) atoms. The second-order valence-corrected chi connectivity index (χ2v) is 6.22. The van der Waals surface area contributed by atoms with Crippen LogP contribution in [0.15, 0.2) is 12.1 Å². The highest BCUT2D eigenvalue weighted by molar-refractivity contribution is 6.33. The van der Waals surface area contributed by atoms with Crippen molar-refractivity contribution in [2.24, 2.45) is 5.41 Å². The Morgan fingerprint density at radius 1 is 1.33 bits per heavy atom. The minimum atomic E-state index is -0.464. The van der Waals surface area contributed by atoms with Gasteiger partial charge in [-0.05, 0) is 13.0 Å². The molecule has 1 aromatic rings. The lowest BCUT2D eigenvalue weighted by atomic mass is 9.96. The number of nitro benzene ring substituents is 1. The molecule has 7 heteroatoms. The number of hydrogen-bond acceptors (Lipinski definition) is 4. The minimum Gasteiger partial charge on any atom is -0.382 e. The smallest absolute Gasteiger partial charge is 0.273 e. The molecule has 0 bridgehead atoms. The molecule has 0 unspecified atom stereocenters. The van der Waals surface area contributed by atoms with Crippen molar-refractivity contribution in [3.05, 3.63) is 32.8 Å². The summed E-state index contributed by atoms with van der Waals surface area (Å²) >= 11 is 6.01. The van der Waals surface area contributed by atoms with E-state index in [9.17, 15) is 14.9 Å². The van der Waals surface area contributed by atoms with Gasteiger partial charge in [0.15, 0.2) is 0 Å². The van der Waals surface area contributed by atoms with Gasteiger partial charge in [-0.1, -0.05) is 32.4 Å². The molecule has 0 heterocycles. The van der Waals surface area contributed by atoms with Crippen LogP contribution in [0.3, 0.4) is 0 Å². The van der Waals surface area contributed by atoms with Gasteiger partial charge in [-0.15, -0.1) is 0 Å². The number of carbonyl (C=O) groups is 1. The maximum atomic E-state index is 11.7. The second kappa shape index (κ2) is 6.76. The Hall–Kier alpha value is -1.82. The lowest BCUT2D eigenvalue weighted by Gasteiger charge is -2.18. The van der Waals surface area contributed by atoms with Crippen LogP contribution in [0.2, 0.25) is 5.02 Å². The summed E-state index contributed by atoms with van der Waals surface area (Å²) in [5, 5.41) is 16.9. The fourth-order valence-electron chi connectivity index (χ4n) is 1.64. The molecule has 0 aromatic heterocycles. The zero-order valence-corrected chi connectivity index (χ0v) is 13.4. The maximum absolute atomic E-state index is 11.7. The van der Waals surface area contributed by atoms with E-state index < -0.39 is 10.3 Å². The predicted molar refractivity (Wildman–Crippen MR) is 83.8 cm³/mol. The molecular weight excluding hydrogens is 294 g/mol. The summed E-state index contributed by atoms with van der Waals surface area (Å²) in [5.74, 6) is -0.0322. The number of amides is 1. The van der Waals surface area contributed by atoms with Gasteiger partial charge in [0.2, 0.25) is 5.91 Å². The Bertz CT molecular complexity index is 553. The Kier molecular flexibility index (Phi) is 5.54. The van der Waals surface area contributed by atoms with Crippen molar-refractivity contribution in [3.8, 4) is 0 Å². The van der Waals surface area contributed by atoms with Crippen molar-refractivity contribution in [3.63, 3.8) is 0 Å². The van der Waals surface area contributed by atoms with Gasteiger partial charge in [-0.2, -0.15) is 0 Å². The van der Waals surface area contributed by atoms with Crippen LogP contribution in [-0.4, -0.2) is 23.9 Å². The molecular formula is C14H20ClN3O3. The largest absolute Gasteiger partial charge is 0.382 e. The average molecular weight is 314 g/mol. The van der Waals surface area contributed by atoms with E-state index in [1.165, 1.54) is 6.07 Å². The first-order valence-corrected chi connectivity index (χ1v) is 6.97. The summed E-state index contributed by atoms with van der Waals surface area (Å²) in [6.07, 6.45) is 0. The van der Waals surface area contributed by atoms with E-state index in [2.05, 4.69) is 10.6 Å². The van der Waals surface area contributed by atoms with Crippen LogP contribution in [-0.2, 0) is 4.79 Å². The summed E-state index contributed by atoms with van der Waals surface area (Å²) in [6, 6.07) is 2.96. The highest BCUT2D eigenvalue weighted by atomic mass is 35.5. The molecule has 0 spiro atoms. The van der Waals surface area contributed by atoms with Crippen molar-refractivity contribution in [2.75, 3.05) is 18.4 Å². The van der Waals surface area contributed by atoms with E-state index in [-0.39, 0.29) is 16.6 Å². The summed E-state index contributed by atoms with van der Waals surface area (Å²) in [7, 11) is 0. The number of halogens is 1. The normalized spacial score (nSPS) is 11.1. The van der Waals surface area contributed by atoms with Crippen LogP contribution in [0, 0.1) is 22.5 Å². The molecule has 1 rings (SSSR count). The average Bonchev–Trinajstić information content (AvgIpc) is 2.36. The van der Waals surface area contributed by atoms with Gasteiger partial charge in [-0.25, -0.2) is 0 Å². The Morgan fingerprint density at radius 3 is 2.48 bits per heavy atom. The number of nitro groups is 1. The number of anilines is 1. The Labute approximate surface area is 129 Å². The van der Waals surface area contributed by atoms with Crippen LogP contribution < -0.4 is 10.6 Å². The minimum absolute atomic E-state index is 0.00779. The highest BCUT2D eigenvalue weighted by Crippen LogP contribution is 2.30. The van der Waals surface area contributed by atoms with Crippen LogP contribution in [0.5, 0.6) is 0 Å². The van der Waals surface area contributed by atoms with Crippen LogP contribution in [0.25, 0.3) is 0 Å². The van der Waals surface area contributed by atoms with E-state index in [0.717, 1.165) is 0 Å². The first-order valence-electron chi connectivity index (χ1n) is 6.59. The van der Waals surface area contributed by atoms with Crippen molar-refractivity contribution in [2.45, 2.75) is 27.7 Å². The van der Waals surface area contributed by atoms with Crippen LogP contribution in [0.4, 0.5) is 11.4 Å². The molecule has 1 aromatic carbocycles. The van der Waals surface area contributed by atoms with Gasteiger partial charge in [0.05, 0.1) is 15.6 Å². The monoisotopic (exact) mass is 313 g/mol. The molecule has 116 valence electrons. The molecule has 0 saturated carbocycles. The third kappa shape index (κ3) is 4.90. The second-order valence-electron chi connectivity index (χ2n) is 5.81. The van der Waals surface area contributed by atoms with Crippen molar-refractivity contribution >= 4 is 28.9 Å². The van der Waals surface area contributed by atoms with E-state index >= 15 is 0 Å². The van der Waals surface area contributed by atoms with Gasteiger partial charge >= 0.3 is 0 Å². The summed E-state index contributed by atoms with van der Waals surface area (Å²) < 4.78 is 0. The number of carbonyl (C=O) groups excluding carboxylic acids is 1. The molecule has 0 aliphatic heterocycles. The lowest BCUT2D eigenvalue weighted by Crippen LogP contribution is -2.37. The SMILES string of the molecule is Cc1cc(NCCNC(=O)C(C)(C)C)c(Cl)cc1[N+](=O)[O-]. The molecule has 1 amide bonds. The molecule has 0 saturated heterocycles. The fourth-order valence-corrected chi connectivity index (χ4v) is 1.87. The van der Waals surface area contributed by atoms with Crippen LogP contribution in [0.1, 0.15) is 26.3 Å². The molecule has 2 N–H and O–H groups in total. The number of aryl methyl sites for hydroxylation is 1. The Morgan fingerprint density at radius 2 is 1.95 bits per heavy atom. The number of benzene rings is 1. The van der Waals surface area contributed by atoms with E-state index in [1.807, 2.05) is 20.8 Å². The standard InChI is InChI=1S/C14H20ClN3O3/c1-9-7-11(10(15)8-12(9)18(20)21)16-5-6-17-13(19)14(2,3)4/h7-8,16H,5-6H2,1-4H3,(H,17,19). The van der Waals surface area contributed by atoms with Gasteiger partial charge in [-0.3, -0.25) is 14.9 Å². The number of nitrogens with zero attached hydrogens (tertiary/aromatic N) is 1. The third-order valence-corrected chi connectivity index (χ3v) is 3.20. The number of rotatable bonds is 5. The summed E-state index contributed by atoms with van der Waals surface area (Å²) in [4.78, 5) is 22.0. The predicted octanol–water partition coefficient (Wildman–Crippen LogP) is 3.13. The molecule has 6 nitrogen and oxygen atoms in total. The quantitative estimate of drug-likeness (QED) is 0.497. The molecule has 0 aliphatic carbocycles. The van der Waals surface area contributed by atoms with Crippen molar-refractivity contribution in [1.29, 1.82) is 0 Å². The molecule has 0 radical (unpaired) electrons. The zero-order chi connectivity index (χ0) is 16.2.